The average molecular weight is 370 g/mol. The summed E-state index contributed by atoms with van der Waals surface area (Å²) in [6, 6.07) is 0.856. The number of halogens is 3. The smallest absolute Gasteiger partial charge is 0.433 e. The number of alkyl halides is 3. The van der Waals surface area contributed by atoms with Crippen LogP contribution in [0, 0.1) is 13.8 Å². The van der Waals surface area contributed by atoms with Crippen LogP contribution in [0.3, 0.4) is 0 Å². The van der Waals surface area contributed by atoms with Crippen LogP contribution in [0.4, 0.5) is 24.9 Å². The predicted molar refractivity (Wildman–Crippen MR) is 86.2 cm³/mol. The third-order valence-electron chi connectivity index (χ3n) is 3.42. The largest absolute Gasteiger partial charge is 0.481 e. The number of hydrogen-bond donors (Lipinski definition) is 3. The van der Waals surface area contributed by atoms with E-state index in [2.05, 4.69) is 25.3 Å². The summed E-state index contributed by atoms with van der Waals surface area (Å²) in [6.07, 6.45) is -4.58. The number of carbonyl (C=O) groups is 1. The van der Waals surface area contributed by atoms with Gasteiger partial charge in [0.2, 0.25) is 5.95 Å². The molecule has 26 heavy (non-hydrogen) atoms. The topological polar surface area (TPSA) is 127 Å². The zero-order chi connectivity index (χ0) is 19.5. The number of nitrogens with two attached hydrogens (primary N) is 1. The molecule has 0 aromatic carbocycles. The van der Waals surface area contributed by atoms with Gasteiger partial charge >= 0.3 is 12.1 Å². The summed E-state index contributed by atoms with van der Waals surface area (Å²) in [5.74, 6) is -0.861. The molecule has 2 aromatic rings. The van der Waals surface area contributed by atoms with Crippen molar-refractivity contribution in [2.24, 2.45) is 0 Å². The molecule has 0 aliphatic heterocycles. The molecule has 0 saturated carbocycles. The highest BCUT2D eigenvalue weighted by molar-refractivity contribution is 5.67. The van der Waals surface area contributed by atoms with E-state index in [0.717, 1.165) is 6.07 Å². The van der Waals surface area contributed by atoms with Gasteiger partial charge in [0.25, 0.3) is 0 Å². The molecular weight excluding hydrogens is 353 g/mol. The summed E-state index contributed by atoms with van der Waals surface area (Å²) >= 11 is 0. The lowest BCUT2D eigenvalue weighted by Crippen LogP contribution is -2.15. The third kappa shape index (κ3) is 5.01. The lowest BCUT2D eigenvalue weighted by molar-refractivity contribution is -0.141. The molecule has 0 atom stereocenters. The van der Waals surface area contributed by atoms with Gasteiger partial charge in [-0.1, -0.05) is 0 Å². The summed E-state index contributed by atoms with van der Waals surface area (Å²) in [7, 11) is 0. The Labute approximate surface area is 146 Å². The number of aliphatic carboxylic acids is 1. The van der Waals surface area contributed by atoms with E-state index >= 15 is 0 Å². The summed E-state index contributed by atoms with van der Waals surface area (Å²) in [4.78, 5) is 26.3. The van der Waals surface area contributed by atoms with Crippen molar-refractivity contribution < 1.29 is 23.1 Å². The molecule has 11 heteroatoms. The van der Waals surface area contributed by atoms with E-state index in [4.69, 9.17) is 10.8 Å². The minimum atomic E-state index is -4.58. The van der Waals surface area contributed by atoms with Gasteiger partial charge in [0.05, 0.1) is 6.54 Å². The fourth-order valence-electron chi connectivity index (χ4n) is 2.31. The van der Waals surface area contributed by atoms with Crippen LogP contribution in [0.2, 0.25) is 0 Å². The van der Waals surface area contributed by atoms with E-state index < -0.39 is 17.8 Å². The summed E-state index contributed by atoms with van der Waals surface area (Å²) in [5, 5.41) is 11.7. The fraction of sp³-hybridized carbons (Fsp3) is 0.400. The van der Waals surface area contributed by atoms with Crippen LogP contribution < -0.4 is 11.1 Å². The molecule has 8 nitrogen and oxygen atoms in total. The van der Waals surface area contributed by atoms with Crippen molar-refractivity contribution >= 4 is 17.7 Å². The Balaban J connectivity index is 2.26. The molecule has 0 saturated heterocycles. The van der Waals surface area contributed by atoms with Gasteiger partial charge in [0.15, 0.2) is 0 Å². The van der Waals surface area contributed by atoms with Crippen LogP contribution in [-0.4, -0.2) is 31.0 Å². The molecular formula is C15H17F3N6O2. The van der Waals surface area contributed by atoms with Gasteiger partial charge in [-0.25, -0.2) is 15.0 Å². The molecule has 0 aliphatic rings. The highest BCUT2D eigenvalue weighted by Gasteiger charge is 2.33. The summed E-state index contributed by atoms with van der Waals surface area (Å²) < 4.78 is 38.6. The van der Waals surface area contributed by atoms with Crippen LogP contribution in [0.15, 0.2) is 6.07 Å². The van der Waals surface area contributed by atoms with Crippen molar-refractivity contribution in [2.75, 3.05) is 11.1 Å². The number of hydrogen-bond acceptors (Lipinski definition) is 7. The number of aryl methyl sites for hydroxylation is 2. The van der Waals surface area contributed by atoms with Gasteiger partial charge in [0.1, 0.15) is 17.3 Å². The second-order valence-corrected chi connectivity index (χ2v) is 5.55. The molecule has 4 N–H and O–H groups in total. The van der Waals surface area contributed by atoms with Gasteiger partial charge in [-0.2, -0.15) is 18.2 Å². The molecule has 0 radical (unpaired) electrons. The van der Waals surface area contributed by atoms with E-state index in [0.29, 0.717) is 11.3 Å². The number of carboxylic acids is 1. The van der Waals surface area contributed by atoms with Gasteiger partial charge < -0.3 is 16.2 Å². The van der Waals surface area contributed by atoms with Crippen molar-refractivity contribution in [2.45, 2.75) is 39.4 Å². The van der Waals surface area contributed by atoms with Gasteiger partial charge in [-0.05, 0) is 26.3 Å². The summed E-state index contributed by atoms with van der Waals surface area (Å²) in [6.45, 7) is 2.94. The third-order valence-corrected chi connectivity index (χ3v) is 3.42. The first-order valence-corrected chi connectivity index (χ1v) is 7.56. The number of nitrogen functional groups attached to an aromatic ring is 1. The lowest BCUT2D eigenvalue weighted by Gasteiger charge is -2.14. The summed E-state index contributed by atoms with van der Waals surface area (Å²) in [5.41, 5.74) is 5.75. The number of rotatable bonds is 6. The molecule has 0 amide bonds. The normalized spacial score (nSPS) is 11.4. The first kappa shape index (κ1) is 19.3. The Morgan fingerprint density at radius 1 is 1.23 bits per heavy atom. The first-order chi connectivity index (χ1) is 12.1. The maximum atomic E-state index is 12.9. The van der Waals surface area contributed by atoms with E-state index in [1.165, 1.54) is 6.92 Å². The minimum absolute atomic E-state index is 0.0368. The number of aromatic nitrogens is 4. The Kier molecular flexibility index (Phi) is 5.58. The molecule has 0 fully saturated rings. The van der Waals surface area contributed by atoms with Gasteiger partial charge in [-0.3, -0.25) is 4.79 Å². The molecule has 2 heterocycles. The van der Waals surface area contributed by atoms with Crippen molar-refractivity contribution in [3.8, 4) is 0 Å². The Morgan fingerprint density at radius 2 is 1.92 bits per heavy atom. The fourth-order valence-corrected chi connectivity index (χ4v) is 2.31. The molecule has 2 aromatic heterocycles. The quantitative estimate of drug-likeness (QED) is 0.706. The van der Waals surface area contributed by atoms with Crippen molar-refractivity contribution in [1.29, 1.82) is 0 Å². The van der Waals surface area contributed by atoms with Crippen LogP contribution in [0.25, 0.3) is 0 Å². The zero-order valence-corrected chi connectivity index (χ0v) is 14.1. The standard InChI is InChI=1S/C15H17F3N6O2/c1-7-5-10(15(16,17)18)23-11(21-7)6-20-13-9(3-4-12(25)26)8(2)22-14(19)24-13/h5H,3-4,6H2,1-2H3,(H,25,26)(H3,19,20,22,24). The van der Waals surface area contributed by atoms with Crippen LogP contribution in [0.5, 0.6) is 0 Å². The minimum Gasteiger partial charge on any atom is -0.481 e. The van der Waals surface area contributed by atoms with E-state index in [9.17, 15) is 18.0 Å². The molecule has 0 bridgehead atoms. The monoisotopic (exact) mass is 370 g/mol. The van der Waals surface area contributed by atoms with E-state index in [-0.39, 0.29) is 42.7 Å². The van der Waals surface area contributed by atoms with E-state index in [1.807, 2.05) is 0 Å². The lowest BCUT2D eigenvalue weighted by atomic mass is 10.1. The van der Waals surface area contributed by atoms with Gasteiger partial charge in [0, 0.05) is 23.4 Å². The maximum Gasteiger partial charge on any atom is 0.433 e. The molecule has 0 aliphatic carbocycles. The molecule has 140 valence electrons. The van der Waals surface area contributed by atoms with Crippen LogP contribution in [0.1, 0.15) is 34.9 Å². The second-order valence-electron chi connectivity index (χ2n) is 5.55. The Hall–Kier alpha value is -2.98. The van der Waals surface area contributed by atoms with Crippen molar-refractivity contribution in [3.05, 3.63) is 34.5 Å². The Bertz CT molecular complexity index is 826. The predicted octanol–water partition coefficient (Wildman–Crippen LogP) is 2.11. The highest BCUT2D eigenvalue weighted by Crippen LogP contribution is 2.28. The number of carboxylic acid groups (broad SMARTS) is 1. The average Bonchev–Trinajstić information content (AvgIpc) is 2.50. The number of anilines is 2. The zero-order valence-electron chi connectivity index (χ0n) is 14.1. The van der Waals surface area contributed by atoms with E-state index in [1.54, 1.807) is 6.92 Å². The Morgan fingerprint density at radius 3 is 2.54 bits per heavy atom. The number of nitrogens with one attached hydrogen (secondary N) is 1. The number of nitrogens with zero attached hydrogens (tertiary/aromatic N) is 4. The SMILES string of the molecule is Cc1cc(C(F)(F)F)nc(CNc2nc(N)nc(C)c2CCC(=O)O)n1. The van der Waals surface area contributed by atoms with Crippen LogP contribution in [-0.2, 0) is 23.9 Å². The first-order valence-electron chi connectivity index (χ1n) is 7.56. The van der Waals surface area contributed by atoms with Crippen molar-refractivity contribution in [1.82, 2.24) is 19.9 Å². The molecule has 0 unspecified atom stereocenters. The van der Waals surface area contributed by atoms with Crippen LogP contribution >= 0.6 is 0 Å². The second kappa shape index (κ2) is 7.50. The highest BCUT2D eigenvalue weighted by atomic mass is 19.4. The van der Waals surface area contributed by atoms with Gasteiger partial charge in [-0.15, -0.1) is 0 Å². The molecule has 0 spiro atoms. The maximum absolute atomic E-state index is 12.9. The van der Waals surface area contributed by atoms with Crippen molar-refractivity contribution in [3.63, 3.8) is 0 Å². The molecule has 2 rings (SSSR count).